The van der Waals surface area contributed by atoms with Gasteiger partial charge in [-0.2, -0.15) is 0 Å². The Hall–Kier alpha value is -2.86. The largest absolute Gasteiger partial charge is 0.383 e. The number of nitrogens with zero attached hydrogens (tertiary/aromatic N) is 3. The Morgan fingerprint density at radius 3 is 2.39 bits per heavy atom. The number of ketones is 1. The lowest BCUT2D eigenvalue weighted by molar-refractivity contribution is 0.104. The molecule has 0 unspecified atom stereocenters. The van der Waals surface area contributed by atoms with Crippen molar-refractivity contribution in [2.45, 2.75) is 44.9 Å². The maximum Gasteiger partial charge on any atom is 0.196 e. The summed E-state index contributed by atoms with van der Waals surface area (Å²) in [7, 11) is 0. The van der Waals surface area contributed by atoms with E-state index >= 15 is 0 Å². The second-order valence-electron chi connectivity index (χ2n) is 9.66. The van der Waals surface area contributed by atoms with Gasteiger partial charge in [-0.3, -0.25) is 4.79 Å². The van der Waals surface area contributed by atoms with Crippen LogP contribution in [0.4, 0.5) is 11.4 Å². The number of anilines is 2. The minimum absolute atomic E-state index is 0.0637. The molecule has 2 aliphatic heterocycles. The average molecular weight is 445 g/mol. The summed E-state index contributed by atoms with van der Waals surface area (Å²) in [4.78, 5) is 18.6. The molecule has 0 bridgehead atoms. The van der Waals surface area contributed by atoms with Crippen LogP contribution in [0, 0.1) is 0 Å². The molecule has 1 N–H and O–H groups in total. The van der Waals surface area contributed by atoms with Crippen molar-refractivity contribution in [3.63, 3.8) is 0 Å². The molecule has 0 radical (unpaired) electrons. The number of carbonyl (C=O) groups is 1. The molecule has 6 nitrogen and oxygen atoms in total. The highest BCUT2D eigenvalue weighted by atomic mass is 16.5. The fourth-order valence-electron chi connectivity index (χ4n) is 5.77. The lowest BCUT2D eigenvalue weighted by Gasteiger charge is -2.30. The van der Waals surface area contributed by atoms with Gasteiger partial charge in [0.2, 0.25) is 0 Å². The maximum atomic E-state index is 13.7. The van der Waals surface area contributed by atoms with Crippen LogP contribution in [0.1, 0.15) is 60.9 Å². The van der Waals surface area contributed by atoms with Gasteiger partial charge in [0.25, 0.3) is 0 Å². The first kappa shape index (κ1) is 20.7. The minimum atomic E-state index is 0.0637. The number of hydrogen-bond acceptors (Lipinski definition) is 6. The summed E-state index contributed by atoms with van der Waals surface area (Å²) in [6, 6.07) is 9.90. The van der Waals surface area contributed by atoms with Gasteiger partial charge < -0.3 is 19.6 Å². The molecule has 0 spiro atoms. The van der Waals surface area contributed by atoms with E-state index in [0.717, 1.165) is 65.3 Å². The molecule has 33 heavy (non-hydrogen) atoms. The SMILES string of the molecule is O=C1c2ccccc2-c2onc3c(N4CCCCC4)cc(NCCN4CCCCCC4)c1c23. The van der Waals surface area contributed by atoms with Crippen molar-refractivity contribution in [2.24, 2.45) is 0 Å². The molecule has 3 aliphatic rings. The molecular formula is C27H32N4O2. The molecule has 172 valence electrons. The zero-order chi connectivity index (χ0) is 22.2. The Labute approximate surface area is 194 Å². The predicted molar refractivity (Wildman–Crippen MR) is 132 cm³/mol. The highest BCUT2D eigenvalue weighted by Gasteiger charge is 2.33. The number of piperidine rings is 1. The van der Waals surface area contributed by atoms with E-state index in [9.17, 15) is 4.79 Å². The third-order valence-corrected chi connectivity index (χ3v) is 7.52. The Bertz CT molecular complexity index is 1170. The Kier molecular flexibility index (Phi) is 5.54. The van der Waals surface area contributed by atoms with Gasteiger partial charge in [0.15, 0.2) is 11.5 Å². The Morgan fingerprint density at radius 2 is 1.61 bits per heavy atom. The summed E-state index contributed by atoms with van der Waals surface area (Å²) in [6.45, 7) is 6.22. The molecule has 6 rings (SSSR count). The highest BCUT2D eigenvalue weighted by Crippen LogP contribution is 2.46. The van der Waals surface area contributed by atoms with Gasteiger partial charge in [0.1, 0.15) is 5.52 Å². The molecular weight excluding hydrogens is 412 g/mol. The third kappa shape index (κ3) is 3.70. The monoisotopic (exact) mass is 444 g/mol. The van der Waals surface area contributed by atoms with Crippen molar-refractivity contribution in [1.82, 2.24) is 10.1 Å². The minimum Gasteiger partial charge on any atom is -0.383 e. The quantitative estimate of drug-likeness (QED) is 0.450. The fourth-order valence-corrected chi connectivity index (χ4v) is 5.77. The van der Waals surface area contributed by atoms with E-state index in [4.69, 9.17) is 4.52 Å². The first-order valence-electron chi connectivity index (χ1n) is 12.6. The van der Waals surface area contributed by atoms with E-state index < -0.39 is 0 Å². The van der Waals surface area contributed by atoms with Gasteiger partial charge in [-0.1, -0.05) is 42.3 Å². The predicted octanol–water partition coefficient (Wildman–Crippen LogP) is 5.32. The zero-order valence-corrected chi connectivity index (χ0v) is 19.2. The van der Waals surface area contributed by atoms with Gasteiger partial charge in [-0.15, -0.1) is 0 Å². The van der Waals surface area contributed by atoms with Crippen LogP contribution in [0.5, 0.6) is 0 Å². The molecule has 2 aromatic carbocycles. The van der Waals surface area contributed by atoms with Gasteiger partial charge in [0.05, 0.1) is 16.6 Å². The summed E-state index contributed by atoms with van der Waals surface area (Å²) in [6.07, 6.45) is 8.91. The molecule has 0 atom stereocenters. The maximum absolute atomic E-state index is 13.7. The molecule has 1 aromatic heterocycles. The molecule has 6 heteroatoms. The molecule has 3 aromatic rings. The number of carbonyl (C=O) groups excluding carboxylic acids is 1. The summed E-state index contributed by atoms with van der Waals surface area (Å²) >= 11 is 0. The number of nitrogens with one attached hydrogen (secondary N) is 1. The van der Waals surface area contributed by atoms with E-state index in [-0.39, 0.29) is 5.78 Å². The Balaban J connectivity index is 1.40. The third-order valence-electron chi connectivity index (χ3n) is 7.52. The second-order valence-corrected chi connectivity index (χ2v) is 9.66. The van der Waals surface area contributed by atoms with E-state index in [1.165, 1.54) is 58.0 Å². The van der Waals surface area contributed by atoms with E-state index in [2.05, 4.69) is 26.3 Å². The smallest absolute Gasteiger partial charge is 0.196 e. The van der Waals surface area contributed by atoms with E-state index in [1.807, 2.05) is 24.3 Å². The van der Waals surface area contributed by atoms with Crippen LogP contribution in [-0.4, -0.2) is 55.1 Å². The number of likely N-dealkylation sites (tertiary alicyclic amines) is 1. The van der Waals surface area contributed by atoms with Crippen LogP contribution in [0.15, 0.2) is 34.9 Å². The van der Waals surface area contributed by atoms with Gasteiger partial charge in [0, 0.05) is 43.0 Å². The zero-order valence-electron chi connectivity index (χ0n) is 19.2. The van der Waals surface area contributed by atoms with Crippen LogP contribution in [0.25, 0.3) is 22.2 Å². The topological polar surface area (TPSA) is 61.6 Å². The van der Waals surface area contributed by atoms with Gasteiger partial charge >= 0.3 is 0 Å². The molecule has 0 amide bonds. The van der Waals surface area contributed by atoms with Crippen LogP contribution < -0.4 is 10.2 Å². The molecule has 1 aliphatic carbocycles. The molecule has 3 heterocycles. The highest BCUT2D eigenvalue weighted by molar-refractivity contribution is 6.28. The van der Waals surface area contributed by atoms with Crippen LogP contribution in [0.2, 0.25) is 0 Å². The number of benzene rings is 2. The van der Waals surface area contributed by atoms with E-state index in [1.54, 1.807) is 0 Å². The number of fused-ring (bicyclic) bond motifs is 2. The second kappa shape index (κ2) is 8.82. The van der Waals surface area contributed by atoms with Crippen molar-refractivity contribution in [3.8, 4) is 11.3 Å². The Morgan fingerprint density at radius 1 is 0.909 bits per heavy atom. The van der Waals surface area contributed by atoms with E-state index in [0.29, 0.717) is 5.56 Å². The summed E-state index contributed by atoms with van der Waals surface area (Å²) in [5.74, 6) is 0.790. The summed E-state index contributed by atoms with van der Waals surface area (Å²) < 4.78 is 5.91. The number of rotatable bonds is 5. The molecule has 0 saturated carbocycles. The lowest BCUT2D eigenvalue weighted by Crippen LogP contribution is -2.31. The van der Waals surface area contributed by atoms with Crippen LogP contribution in [-0.2, 0) is 0 Å². The fraction of sp³-hybridized carbons (Fsp3) is 0.481. The van der Waals surface area contributed by atoms with Crippen molar-refractivity contribution >= 4 is 28.1 Å². The lowest BCUT2D eigenvalue weighted by atomic mass is 9.86. The summed E-state index contributed by atoms with van der Waals surface area (Å²) in [5.41, 5.74) is 5.10. The van der Waals surface area contributed by atoms with Crippen molar-refractivity contribution in [3.05, 3.63) is 41.5 Å². The first-order valence-corrected chi connectivity index (χ1v) is 12.6. The molecule has 2 fully saturated rings. The van der Waals surface area contributed by atoms with Crippen molar-refractivity contribution in [2.75, 3.05) is 49.5 Å². The number of aromatic nitrogens is 1. The number of hydrogen-bond donors (Lipinski definition) is 1. The standard InChI is InChI=1S/C27H32N4O2/c32-26-19-10-4-5-11-20(19)27-24-23(26)21(28-12-17-30-13-6-1-2-7-14-30)18-22(25(24)29-33-27)31-15-8-3-9-16-31/h4-5,10-11,18,28H,1-3,6-9,12-17H2. The van der Waals surface area contributed by atoms with Crippen LogP contribution >= 0.6 is 0 Å². The van der Waals surface area contributed by atoms with Crippen molar-refractivity contribution < 1.29 is 9.32 Å². The van der Waals surface area contributed by atoms with Gasteiger partial charge in [-0.25, -0.2) is 0 Å². The van der Waals surface area contributed by atoms with Gasteiger partial charge in [-0.05, 0) is 51.3 Å². The first-order chi connectivity index (χ1) is 16.3. The average Bonchev–Trinajstić information content (AvgIpc) is 3.13. The normalized spacial score (nSPS) is 18.9. The molecule has 2 saturated heterocycles. The van der Waals surface area contributed by atoms with Crippen molar-refractivity contribution in [1.29, 1.82) is 0 Å². The van der Waals surface area contributed by atoms with Crippen LogP contribution in [0.3, 0.4) is 0 Å². The summed E-state index contributed by atoms with van der Waals surface area (Å²) in [5, 5.41) is 9.03.